The lowest BCUT2D eigenvalue weighted by Gasteiger charge is -2.40. The van der Waals surface area contributed by atoms with Gasteiger partial charge < -0.3 is 15.1 Å². The second-order valence-electron chi connectivity index (χ2n) is 9.64. The van der Waals surface area contributed by atoms with E-state index in [-0.39, 0.29) is 18.1 Å². The molecule has 1 amide bonds. The van der Waals surface area contributed by atoms with Crippen molar-refractivity contribution in [1.82, 2.24) is 9.88 Å². The van der Waals surface area contributed by atoms with Crippen LogP contribution in [0, 0.1) is 0 Å². The highest BCUT2D eigenvalue weighted by molar-refractivity contribution is 6.39. The van der Waals surface area contributed by atoms with Crippen molar-refractivity contribution in [2.24, 2.45) is 9.98 Å². The number of amides is 1. The molecule has 2 atom stereocenters. The largest absolute Gasteiger partial charge is 0.369 e. The van der Waals surface area contributed by atoms with Crippen LogP contribution in [-0.4, -0.2) is 72.6 Å². The van der Waals surface area contributed by atoms with Gasteiger partial charge in [0.2, 0.25) is 5.91 Å². The molecule has 4 aliphatic heterocycles. The lowest BCUT2D eigenvalue weighted by Crippen LogP contribution is -2.51. The summed E-state index contributed by atoms with van der Waals surface area (Å²) in [6, 6.07) is 10.7. The molecule has 2 fully saturated rings. The van der Waals surface area contributed by atoms with Crippen LogP contribution in [0.25, 0.3) is 0 Å². The molecule has 8 nitrogen and oxygen atoms in total. The highest BCUT2D eigenvalue weighted by Gasteiger charge is 2.35. The van der Waals surface area contributed by atoms with E-state index in [1.165, 1.54) is 5.69 Å². The Labute approximate surface area is 200 Å². The Hall–Kier alpha value is -3.26. The van der Waals surface area contributed by atoms with E-state index < -0.39 is 0 Å². The van der Waals surface area contributed by atoms with Crippen molar-refractivity contribution in [2.45, 2.75) is 44.9 Å². The fourth-order valence-electron chi connectivity index (χ4n) is 5.44. The third-order valence-electron chi connectivity index (χ3n) is 7.30. The number of nitrogens with one attached hydrogen (secondary N) is 1. The molecular formula is C26H31N7O. The molecule has 5 heterocycles. The van der Waals surface area contributed by atoms with E-state index in [0.29, 0.717) is 0 Å². The third kappa shape index (κ3) is 4.07. The Morgan fingerprint density at radius 1 is 1.06 bits per heavy atom. The van der Waals surface area contributed by atoms with Gasteiger partial charge in [0.15, 0.2) is 5.82 Å². The number of aliphatic imine (C=N–C) groups is 2. The summed E-state index contributed by atoms with van der Waals surface area (Å²) in [5, 5.41) is 3.11. The van der Waals surface area contributed by atoms with Gasteiger partial charge in [0.1, 0.15) is 12.2 Å². The Morgan fingerprint density at radius 2 is 1.88 bits per heavy atom. The van der Waals surface area contributed by atoms with Crippen molar-refractivity contribution in [1.29, 1.82) is 0 Å². The molecule has 4 aliphatic rings. The molecule has 2 saturated heterocycles. The molecule has 0 spiro atoms. The zero-order chi connectivity index (χ0) is 23.1. The van der Waals surface area contributed by atoms with Crippen LogP contribution in [0.5, 0.6) is 0 Å². The van der Waals surface area contributed by atoms with Crippen LogP contribution in [0.1, 0.15) is 37.3 Å². The van der Waals surface area contributed by atoms with Gasteiger partial charge in [-0.25, -0.2) is 4.98 Å². The predicted octanol–water partition coefficient (Wildman–Crippen LogP) is 2.93. The summed E-state index contributed by atoms with van der Waals surface area (Å²) in [6.45, 7) is 7.74. The van der Waals surface area contributed by atoms with E-state index in [1.54, 1.807) is 0 Å². The number of piperazine rings is 1. The maximum absolute atomic E-state index is 12.6. The number of aromatic nitrogens is 1. The van der Waals surface area contributed by atoms with Crippen molar-refractivity contribution in [3.8, 4) is 0 Å². The standard InChI is InChI=1S/C26H31N7O/c1-18-27-16-23(29-18)20-5-7-21(8-6-20)32-12-10-31(11-13-32)17-19-14-22-25(28-15-19)33-9-3-2-4-24(33)26(34)30-22/h5-8,14-16,18,24H,2-4,9-13,17H2,1H3,(H,30,34)/t18?,24-/m0/s1. The number of rotatable bonds is 4. The summed E-state index contributed by atoms with van der Waals surface area (Å²) in [5.41, 5.74) is 5.36. The predicted molar refractivity (Wildman–Crippen MR) is 136 cm³/mol. The minimum atomic E-state index is -0.0513. The number of nitrogens with zero attached hydrogens (tertiary/aromatic N) is 6. The maximum Gasteiger partial charge on any atom is 0.247 e. The maximum atomic E-state index is 12.6. The minimum Gasteiger partial charge on any atom is -0.369 e. The highest BCUT2D eigenvalue weighted by Crippen LogP contribution is 2.34. The first-order valence-electron chi connectivity index (χ1n) is 12.4. The second-order valence-corrected chi connectivity index (χ2v) is 9.64. The zero-order valence-corrected chi connectivity index (χ0v) is 19.7. The van der Waals surface area contributed by atoms with Gasteiger partial charge >= 0.3 is 0 Å². The summed E-state index contributed by atoms with van der Waals surface area (Å²) in [5.74, 6) is 1.05. The van der Waals surface area contributed by atoms with Crippen LogP contribution in [-0.2, 0) is 11.3 Å². The minimum absolute atomic E-state index is 0.0334. The van der Waals surface area contributed by atoms with Crippen LogP contribution in [0.4, 0.5) is 17.2 Å². The summed E-state index contributed by atoms with van der Waals surface area (Å²) in [7, 11) is 0. The number of hydrogen-bond donors (Lipinski definition) is 1. The summed E-state index contributed by atoms with van der Waals surface area (Å²) < 4.78 is 0. The average Bonchev–Trinajstić information content (AvgIpc) is 3.31. The number of fused-ring (bicyclic) bond motifs is 3. The Morgan fingerprint density at radius 3 is 2.65 bits per heavy atom. The van der Waals surface area contributed by atoms with Gasteiger partial charge in [-0.3, -0.25) is 19.7 Å². The van der Waals surface area contributed by atoms with E-state index >= 15 is 0 Å². The van der Waals surface area contributed by atoms with Gasteiger partial charge in [-0.1, -0.05) is 12.1 Å². The number of carbonyl (C=O) groups excluding carboxylic acids is 1. The molecule has 0 bridgehead atoms. The quantitative estimate of drug-likeness (QED) is 0.764. The van der Waals surface area contributed by atoms with Crippen molar-refractivity contribution < 1.29 is 4.79 Å². The molecule has 0 saturated carbocycles. The first-order chi connectivity index (χ1) is 16.6. The first-order valence-corrected chi connectivity index (χ1v) is 12.4. The van der Waals surface area contributed by atoms with Crippen LogP contribution in [0.3, 0.4) is 0 Å². The van der Waals surface area contributed by atoms with Gasteiger partial charge in [0.25, 0.3) is 0 Å². The van der Waals surface area contributed by atoms with Crippen LogP contribution >= 0.6 is 0 Å². The SMILES string of the molecule is CC1N=CC(c2ccc(N3CCN(Cc4cnc5c(c4)NC(=O)[C@@H]4CCCCN54)CC3)cc2)=N1. The smallest absolute Gasteiger partial charge is 0.247 e. The number of hydrogen-bond acceptors (Lipinski definition) is 7. The fourth-order valence-corrected chi connectivity index (χ4v) is 5.44. The number of anilines is 3. The van der Waals surface area contributed by atoms with E-state index in [1.807, 2.05) is 19.3 Å². The van der Waals surface area contributed by atoms with Crippen LogP contribution in [0.15, 0.2) is 46.5 Å². The van der Waals surface area contributed by atoms with Gasteiger partial charge in [-0.2, -0.15) is 0 Å². The van der Waals surface area contributed by atoms with E-state index in [0.717, 1.165) is 86.9 Å². The number of benzene rings is 1. The summed E-state index contributed by atoms with van der Waals surface area (Å²) in [4.78, 5) is 33.3. The monoisotopic (exact) mass is 457 g/mol. The third-order valence-corrected chi connectivity index (χ3v) is 7.30. The van der Waals surface area contributed by atoms with Gasteiger partial charge in [0.05, 0.1) is 11.4 Å². The summed E-state index contributed by atoms with van der Waals surface area (Å²) in [6.07, 6.45) is 7.05. The molecule has 1 aromatic heterocycles. The average molecular weight is 458 g/mol. The Bertz CT molecular complexity index is 1130. The van der Waals surface area contributed by atoms with Crippen LogP contribution < -0.4 is 15.1 Å². The topological polar surface area (TPSA) is 76.4 Å². The lowest BCUT2D eigenvalue weighted by molar-refractivity contribution is -0.118. The zero-order valence-electron chi connectivity index (χ0n) is 19.7. The molecule has 34 heavy (non-hydrogen) atoms. The van der Waals surface area contributed by atoms with Gasteiger partial charge in [0, 0.05) is 62.9 Å². The van der Waals surface area contributed by atoms with Gasteiger partial charge in [-0.05, 0) is 49.9 Å². The first kappa shape index (κ1) is 21.3. The molecule has 1 aromatic carbocycles. The van der Waals surface area contributed by atoms with Crippen molar-refractivity contribution in [3.63, 3.8) is 0 Å². The molecule has 2 aromatic rings. The molecule has 1 unspecified atom stereocenters. The second kappa shape index (κ2) is 8.83. The molecule has 0 aliphatic carbocycles. The molecule has 1 N–H and O–H groups in total. The number of piperidine rings is 1. The molecule has 176 valence electrons. The van der Waals surface area contributed by atoms with E-state index in [4.69, 9.17) is 4.98 Å². The number of pyridine rings is 1. The molecule has 8 heteroatoms. The molecular weight excluding hydrogens is 426 g/mol. The Balaban J connectivity index is 1.07. The van der Waals surface area contributed by atoms with Crippen molar-refractivity contribution >= 4 is 35.0 Å². The number of carbonyl (C=O) groups is 1. The fraction of sp³-hybridized carbons (Fsp3) is 0.462. The molecule has 0 radical (unpaired) electrons. The van der Waals surface area contributed by atoms with E-state index in [9.17, 15) is 4.79 Å². The summed E-state index contributed by atoms with van der Waals surface area (Å²) >= 11 is 0. The van der Waals surface area contributed by atoms with Crippen LogP contribution in [0.2, 0.25) is 0 Å². The van der Waals surface area contributed by atoms with Gasteiger partial charge in [-0.15, -0.1) is 0 Å². The van der Waals surface area contributed by atoms with Crippen molar-refractivity contribution in [2.75, 3.05) is 47.8 Å². The highest BCUT2D eigenvalue weighted by atomic mass is 16.2. The lowest BCUT2D eigenvalue weighted by atomic mass is 9.99. The van der Waals surface area contributed by atoms with E-state index in [2.05, 4.69) is 60.3 Å². The molecule has 6 rings (SSSR count). The van der Waals surface area contributed by atoms with Crippen molar-refractivity contribution in [3.05, 3.63) is 47.7 Å². The normalized spacial score (nSPS) is 24.5. The Kier molecular flexibility index (Phi) is 5.53.